The molecule has 1 heterocycles. The van der Waals surface area contributed by atoms with E-state index in [1.165, 1.54) is 12.4 Å². The lowest BCUT2D eigenvalue weighted by atomic mass is 10.5. The van der Waals surface area contributed by atoms with Gasteiger partial charge in [-0.1, -0.05) is 0 Å². The molecule has 0 aliphatic heterocycles. The van der Waals surface area contributed by atoms with Crippen molar-refractivity contribution < 1.29 is 13.5 Å². The molecule has 66 valence electrons. The lowest BCUT2D eigenvalue weighted by molar-refractivity contribution is 0.0793. The molecule has 0 aromatic carbocycles. The van der Waals surface area contributed by atoms with Crippen LogP contribution in [0.3, 0.4) is 0 Å². The Hall–Kier alpha value is -1.26. The van der Waals surface area contributed by atoms with Crippen molar-refractivity contribution in [1.82, 2.24) is 9.97 Å². The van der Waals surface area contributed by atoms with Crippen molar-refractivity contribution in [3.63, 3.8) is 0 Å². The fourth-order valence-electron chi connectivity index (χ4n) is 0.604. The summed E-state index contributed by atoms with van der Waals surface area (Å²) in [5, 5.41) is 0. The molecule has 0 aliphatic rings. The average Bonchev–Trinajstić information content (AvgIpc) is 2.03. The van der Waals surface area contributed by atoms with E-state index in [1.54, 1.807) is 6.92 Å². The molecule has 3 nitrogen and oxygen atoms in total. The minimum Gasteiger partial charge on any atom is -0.470 e. The fraction of sp³-hybridized carbons (Fsp3) is 0.429. The average molecular weight is 174 g/mol. The first-order valence-corrected chi connectivity index (χ1v) is 3.38. The first kappa shape index (κ1) is 8.83. The van der Waals surface area contributed by atoms with Gasteiger partial charge < -0.3 is 4.74 Å². The minimum atomic E-state index is -2.48. The van der Waals surface area contributed by atoms with Crippen LogP contribution in [0.4, 0.5) is 8.78 Å². The molecule has 0 unspecified atom stereocenters. The van der Waals surface area contributed by atoms with Crippen LogP contribution in [-0.4, -0.2) is 23.0 Å². The maximum absolute atomic E-state index is 11.6. The highest BCUT2D eigenvalue weighted by molar-refractivity contribution is 5.05. The highest BCUT2D eigenvalue weighted by Gasteiger charge is 2.03. The Bertz CT molecular complexity index is 238. The SMILES string of the molecule is Cc1cnc(OCC(F)F)cn1. The predicted octanol–water partition coefficient (Wildman–Crippen LogP) is 1.43. The Morgan fingerprint density at radius 1 is 1.42 bits per heavy atom. The Morgan fingerprint density at radius 2 is 2.17 bits per heavy atom. The van der Waals surface area contributed by atoms with Crippen molar-refractivity contribution >= 4 is 0 Å². The van der Waals surface area contributed by atoms with E-state index in [-0.39, 0.29) is 5.88 Å². The number of aromatic nitrogens is 2. The van der Waals surface area contributed by atoms with E-state index < -0.39 is 13.0 Å². The van der Waals surface area contributed by atoms with E-state index in [9.17, 15) is 8.78 Å². The summed E-state index contributed by atoms with van der Waals surface area (Å²) in [7, 11) is 0. The van der Waals surface area contributed by atoms with Crippen LogP contribution in [0.1, 0.15) is 5.69 Å². The third-order valence-electron chi connectivity index (χ3n) is 1.11. The van der Waals surface area contributed by atoms with Crippen LogP contribution in [0.5, 0.6) is 5.88 Å². The van der Waals surface area contributed by atoms with Crippen molar-refractivity contribution in [3.05, 3.63) is 18.1 Å². The standard InChI is InChI=1S/C7H8F2N2O/c1-5-2-11-7(3-10-5)12-4-6(8)9/h2-3,6H,4H2,1H3. The summed E-state index contributed by atoms with van der Waals surface area (Å²) in [5.74, 6) is 0.126. The second kappa shape index (κ2) is 3.94. The number of aryl methyl sites for hydroxylation is 1. The first-order chi connectivity index (χ1) is 5.68. The quantitative estimate of drug-likeness (QED) is 0.695. The number of nitrogens with zero attached hydrogens (tertiary/aromatic N) is 2. The Morgan fingerprint density at radius 3 is 2.67 bits per heavy atom. The summed E-state index contributed by atoms with van der Waals surface area (Å²) in [4.78, 5) is 7.56. The molecular weight excluding hydrogens is 166 g/mol. The van der Waals surface area contributed by atoms with Crippen molar-refractivity contribution in [2.75, 3.05) is 6.61 Å². The monoisotopic (exact) mass is 174 g/mol. The van der Waals surface area contributed by atoms with E-state index in [1.807, 2.05) is 0 Å². The molecular formula is C7H8F2N2O. The normalized spacial score (nSPS) is 10.3. The molecule has 0 atom stereocenters. The second-order valence-corrected chi connectivity index (χ2v) is 2.20. The van der Waals surface area contributed by atoms with Crippen LogP contribution in [0.2, 0.25) is 0 Å². The number of rotatable bonds is 3. The summed E-state index contributed by atoms with van der Waals surface area (Å²) in [6, 6.07) is 0. The van der Waals surface area contributed by atoms with Gasteiger partial charge >= 0.3 is 0 Å². The summed E-state index contributed by atoms with van der Waals surface area (Å²) in [6.07, 6.45) is 0.298. The molecule has 1 aromatic rings. The number of hydrogen-bond donors (Lipinski definition) is 0. The molecule has 0 aliphatic carbocycles. The van der Waals surface area contributed by atoms with Crippen LogP contribution in [0.25, 0.3) is 0 Å². The van der Waals surface area contributed by atoms with Gasteiger partial charge in [0.25, 0.3) is 6.43 Å². The van der Waals surface area contributed by atoms with Crippen molar-refractivity contribution in [2.24, 2.45) is 0 Å². The molecule has 1 aromatic heterocycles. The van der Waals surface area contributed by atoms with E-state index in [4.69, 9.17) is 0 Å². The van der Waals surface area contributed by atoms with Gasteiger partial charge in [-0.25, -0.2) is 13.8 Å². The summed E-state index contributed by atoms with van der Waals surface area (Å²) in [6.45, 7) is 1.11. The van der Waals surface area contributed by atoms with E-state index in [0.29, 0.717) is 0 Å². The third kappa shape index (κ3) is 2.77. The van der Waals surface area contributed by atoms with Crippen molar-refractivity contribution in [2.45, 2.75) is 13.3 Å². The Labute approximate surface area is 68.4 Å². The van der Waals surface area contributed by atoms with Crippen LogP contribution in [-0.2, 0) is 0 Å². The highest BCUT2D eigenvalue weighted by Crippen LogP contribution is 2.04. The first-order valence-electron chi connectivity index (χ1n) is 3.38. The molecule has 0 radical (unpaired) electrons. The van der Waals surface area contributed by atoms with Gasteiger partial charge in [-0.2, -0.15) is 0 Å². The van der Waals surface area contributed by atoms with Crippen LogP contribution < -0.4 is 4.74 Å². The zero-order valence-electron chi connectivity index (χ0n) is 6.50. The van der Waals surface area contributed by atoms with Gasteiger partial charge in [-0.05, 0) is 6.92 Å². The lowest BCUT2D eigenvalue weighted by Gasteiger charge is -2.02. The highest BCUT2D eigenvalue weighted by atomic mass is 19.3. The van der Waals surface area contributed by atoms with Crippen LogP contribution in [0, 0.1) is 6.92 Å². The zero-order valence-corrected chi connectivity index (χ0v) is 6.50. The Balaban J connectivity index is 2.48. The summed E-state index contributed by atoms with van der Waals surface area (Å²) in [5.41, 5.74) is 0.722. The number of ether oxygens (including phenoxy) is 1. The van der Waals surface area contributed by atoms with Crippen molar-refractivity contribution in [3.8, 4) is 5.88 Å². The van der Waals surface area contributed by atoms with Crippen LogP contribution >= 0.6 is 0 Å². The van der Waals surface area contributed by atoms with Gasteiger partial charge in [0, 0.05) is 0 Å². The smallest absolute Gasteiger partial charge is 0.272 e. The number of alkyl halides is 2. The van der Waals surface area contributed by atoms with Gasteiger partial charge in [-0.3, -0.25) is 4.98 Å². The predicted molar refractivity (Wildman–Crippen MR) is 38.3 cm³/mol. The van der Waals surface area contributed by atoms with Gasteiger partial charge in [0.15, 0.2) is 6.61 Å². The molecule has 0 N–H and O–H groups in total. The molecule has 0 bridgehead atoms. The minimum absolute atomic E-state index is 0.126. The molecule has 0 fully saturated rings. The molecule has 12 heavy (non-hydrogen) atoms. The largest absolute Gasteiger partial charge is 0.470 e. The fourth-order valence-corrected chi connectivity index (χ4v) is 0.604. The molecule has 0 amide bonds. The Kier molecular flexibility index (Phi) is 2.90. The second-order valence-electron chi connectivity index (χ2n) is 2.20. The maximum Gasteiger partial charge on any atom is 0.272 e. The van der Waals surface area contributed by atoms with Gasteiger partial charge in [0.05, 0.1) is 18.1 Å². The van der Waals surface area contributed by atoms with E-state index >= 15 is 0 Å². The third-order valence-corrected chi connectivity index (χ3v) is 1.11. The molecule has 1 rings (SSSR count). The van der Waals surface area contributed by atoms with E-state index in [2.05, 4.69) is 14.7 Å². The summed E-state index contributed by atoms with van der Waals surface area (Å²) < 4.78 is 27.9. The molecule has 0 spiro atoms. The summed E-state index contributed by atoms with van der Waals surface area (Å²) >= 11 is 0. The van der Waals surface area contributed by atoms with Gasteiger partial charge in [0.1, 0.15) is 0 Å². The zero-order chi connectivity index (χ0) is 8.97. The number of halogens is 2. The maximum atomic E-state index is 11.6. The topological polar surface area (TPSA) is 35.0 Å². The molecule has 5 heteroatoms. The molecule has 0 saturated carbocycles. The van der Waals surface area contributed by atoms with E-state index in [0.717, 1.165) is 5.69 Å². The lowest BCUT2D eigenvalue weighted by Crippen LogP contribution is -2.08. The van der Waals surface area contributed by atoms with Crippen molar-refractivity contribution in [1.29, 1.82) is 0 Å². The van der Waals surface area contributed by atoms with Crippen LogP contribution in [0.15, 0.2) is 12.4 Å². The number of hydrogen-bond acceptors (Lipinski definition) is 3. The molecule has 0 saturated heterocycles. The van der Waals surface area contributed by atoms with Gasteiger partial charge in [0.2, 0.25) is 5.88 Å². The van der Waals surface area contributed by atoms with Gasteiger partial charge in [-0.15, -0.1) is 0 Å².